The molecule has 1 aromatic carbocycles. The van der Waals surface area contributed by atoms with Crippen LogP contribution in [0, 0.1) is 5.82 Å². The smallest absolute Gasteiger partial charge is 0.260 e. The zero-order valence-electron chi connectivity index (χ0n) is 11.9. The Kier molecular flexibility index (Phi) is 4.60. The summed E-state index contributed by atoms with van der Waals surface area (Å²) in [5.41, 5.74) is 6.52. The topological polar surface area (TPSA) is 55.6 Å². The van der Waals surface area contributed by atoms with Crippen LogP contribution in [0.3, 0.4) is 0 Å². The highest BCUT2D eigenvalue weighted by Gasteiger charge is 2.31. The number of nitrogens with zero attached hydrogens (tertiary/aromatic N) is 1. The highest BCUT2D eigenvalue weighted by molar-refractivity contribution is 5.78. The molecule has 4 nitrogen and oxygen atoms in total. The number of nitrogens with two attached hydrogens (primary N) is 1. The highest BCUT2D eigenvalue weighted by atomic mass is 19.1. The maximum absolute atomic E-state index is 13.3. The van der Waals surface area contributed by atoms with Gasteiger partial charge in [-0.05, 0) is 32.8 Å². The van der Waals surface area contributed by atoms with Crippen LogP contribution >= 0.6 is 0 Å². The van der Waals surface area contributed by atoms with Crippen LogP contribution < -0.4 is 10.5 Å². The van der Waals surface area contributed by atoms with E-state index >= 15 is 0 Å². The summed E-state index contributed by atoms with van der Waals surface area (Å²) in [6.07, 6.45) is 2.12. The molecule has 1 atom stereocenters. The molecular weight excluding hydrogens is 259 g/mol. The number of carbonyl (C=O) groups excluding carboxylic acids is 1. The minimum atomic E-state index is -0.397. The van der Waals surface area contributed by atoms with Crippen LogP contribution in [0.4, 0.5) is 4.39 Å². The van der Waals surface area contributed by atoms with Gasteiger partial charge in [0, 0.05) is 30.3 Å². The van der Waals surface area contributed by atoms with Crippen molar-refractivity contribution in [1.29, 1.82) is 0 Å². The van der Waals surface area contributed by atoms with E-state index in [-0.39, 0.29) is 18.6 Å². The lowest BCUT2D eigenvalue weighted by atomic mass is 10.1. The number of hydrogen-bond acceptors (Lipinski definition) is 3. The normalized spacial score (nSPS) is 15.8. The first-order valence-electron chi connectivity index (χ1n) is 7.00. The molecule has 0 saturated heterocycles. The SMILES string of the molecule is CCN(C(=O)COc1cc(F)ccc1[C@@H](C)N)C1CC1. The molecule has 1 amide bonds. The molecule has 1 aromatic rings. The molecule has 0 unspecified atom stereocenters. The number of amides is 1. The molecule has 0 heterocycles. The molecule has 0 radical (unpaired) electrons. The van der Waals surface area contributed by atoms with Crippen LogP contribution in [0.2, 0.25) is 0 Å². The molecular formula is C15H21FN2O2. The Labute approximate surface area is 118 Å². The van der Waals surface area contributed by atoms with Crippen molar-refractivity contribution in [3.63, 3.8) is 0 Å². The minimum absolute atomic E-state index is 0.0603. The summed E-state index contributed by atoms with van der Waals surface area (Å²) in [7, 11) is 0. The van der Waals surface area contributed by atoms with Gasteiger partial charge in [-0.25, -0.2) is 4.39 Å². The van der Waals surface area contributed by atoms with Crippen molar-refractivity contribution in [3.8, 4) is 5.75 Å². The van der Waals surface area contributed by atoms with Gasteiger partial charge in [0.05, 0.1) is 0 Å². The Bertz CT molecular complexity index is 487. The second kappa shape index (κ2) is 6.22. The van der Waals surface area contributed by atoms with E-state index in [0.717, 1.165) is 12.8 Å². The number of halogens is 1. The third-order valence-electron chi connectivity index (χ3n) is 3.47. The van der Waals surface area contributed by atoms with Crippen LogP contribution in [-0.4, -0.2) is 30.0 Å². The first-order valence-corrected chi connectivity index (χ1v) is 7.00. The predicted octanol–water partition coefficient (Wildman–Crippen LogP) is 2.24. The van der Waals surface area contributed by atoms with E-state index in [2.05, 4.69) is 0 Å². The van der Waals surface area contributed by atoms with Crippen LogP contribution in [0.15, 0.2) is 18.2 Å². The van der Waals surface area contributed by atoms with Gasteiger partial charge in [0.2, 0.25) is 0 Å². The average molecular weight is 280 g/mol. The fourth-order valence-electron chi connectivity index (χ4n) is 2.26. The fraction of sp³-hybridized carbons (Fsp3) is 0.533. The van der Waals surface area contributed by atoms with E-state index in [0.29, 0.717) is 23.9 Å². The second-order valence-corrected chi connectivity index (χ2v) is 5.17. The van der Waals surface area contributed by atoms with Gasteiger partial charge in [-0.2, -0.15) is 0 Å². The molecule has 5 heteroatoms. The van der Waals surface area contributed by atoms with E-state index in [4.69, 9.17) is 10.5 Å². The van der Waals surface area contributed by atoms with Crippen LogP contribution in [0.1, 0.15) is 38.3 Å². The first-order chi connectivity index (χ1) is 9.52. The maximum Gasteiger partial charge on any atom is 0.260 e. The predicted molar refractivity (Wildman–Crippen MR) is 74.9 cm³/mol. The zero-order chi connectivity index (χ0) is 14.7. The number of hydrogen-bond donors (Lipinski definition) is 1. The molecule has 0 aliphatic heterocycles. The van der Waals surface area contributed by atoms with E-state index in [9.17, 15) is 9.18 Å². The van der Waals surface area contributed by atoms with Crippen LogP contribution in [0.5, 0.6) is 5.75 Å². The van der Waals surface area contributed by atoms with Gasteiger partial charge in [-0.3, -0.25) is 4.79 Å². The average Bonchev–Trinajstić information content (AvgIpc) is 3.21. The van der Waals surface area contributed by atoms with Crippen LogP contribution in [0.25, 0.3) is 0 Å². The van der Waals surface area contributed by atoms with Crippen molar-refractivity contribution in [2.75, 3.05) is 13.2 Å². The Morgan fingerprint density at radius 1 is 1.55 bits per heavy atom. The van der Waals surface area contributed by atoms with Crippen molar-refractivity contribution in [2.45, 2.75) is 38.8 Å². The molecule has 0 spiro atoms. The molecule has 0 aromatic heterocycles. The third-order valence-corrected chi connectivity index (χ3v) is 3.47. The Morgan fingerprint density at radius 2 is 2.25 bits per heavy atom. The molecule has 1 fully saturated rings. The van der Waals surface area contributed by atoms with Gasteiger partial charge in [0.1, 0.15) is 11.6 Å². The molecule has 1 saturated carbocycles. The van der Waals surface area contributed by atoms with E-state index in [1.54, 1.807) is 13.0 Å². The first kappa shape index (κ1) is 14.8. The van der Waals surface area contributed by atoms with Crippen molar-refractivity contribution in [3.05, 3.63) is 29.6 Å². The van der Waals surface area contributed by atoms with Gasteiger partial charge in [-0.15, -0.1) is 0 Å². The molecule has 1 aliphatic rings. The molecule has 0 bridgehead atoms. The summed E-state index contributed by atoms with van der Waals surface area (Å²) < 4.78 is 18.8. The molecule has 1 aliphatic carbocycles. The summed E-state index contributed by atoms with van der Waals surface area (Å²) in [5, 5.41) is 0. The number of rotatable bonds is 6. The Hall–Kier alpha value is -1.62. The summed E-state index contributed by atoms with van der Waals surface area (Å²) in [4.78, 5) is 13.9. The number of benzene rings is 1. The quantitative estimate of drug-likeness (QED) is 0.869. The fourth-order valence-corrected chi connectivity index (χ4v) is 2.26. The van der Waals surface area contributed by atoms with Crippen molar-refractivity contribution >= 4 is 5.91 Å². The lowest BCUT2D eigenvalue weighted by molar-refractivity contribution is -0.133. The van der Waals surface area contributed by atoms with Crippen molar-refractivity contribution in [2.24, 2.45) is 5.73 Å². The van der Waals surface area contributed by atoms with Crippen LogP contribution in [-0.2, 0) is 4.79 Å². The molecule has 2 N–H and O–H groups in total. The van der Waals surface area contributed by atoms with Gasteiger partial charge >= 0.3 is 0 Å². The maximum atomic E-state index is 13.3. The second-order valence-electron chi connectivity index (χ2n) is 5.17. The van der Waals surface area contributed by atoms with Crippen molar-refractivity contribution < 1.29 is 13.9 Å². The molecule has 110 valence electrons. The summed E-state index contributed by atoms with van der Waals surface area (Å²) >= 11 is 0. The lowest BCUT2D eigenvalue weighted by Crippen LogP contribution is -2.36. The monoisotopic (exact) mass is 280 g/mol. The summed E-state index contributed by atoms with van der Waals surface area (Å²) in [5.74, 6) is -0.110. The van der Waals surface area contributed by atoms with Gasteiger partial charge < -0.3 is 15.4 Å². The number of likely N-dealkylation sites (N-methyl/N-ethyl adjacent to an activating group) is 1. The Morgan fingerprint density at radius 3 is 2.80 bits per heavy atom. The Balaban J connectivity index is 2.02. The summed E-state index contributed by atoms with van der Waals surface area (Å²) in [6.45, 7) is 4.35. The number of ether oxygens (including phenoxy) is 1. The van der Waals surface area contributed by atoms with Gasteiger partial charge in [0.25, 0.3) is 5.91 Å². The van der Waals surface area contributed by atoms with Crippen molar-refractivity contribution in [1.82, 2.24) is 4.90 Å². The largest absolute Gasteiger partial charge is 0.483 e. The summed E-state index contributed by atoms with van der Waals surface area (Å²) in [6, 6.07) is 4.30. The molecule has 20 heavy (non-hydrogen) atoms. The highest BCUT2D eigenvalue weighted by Crippen LogP contribution is 2.28. The lowest BCUT2D eigenvalue weighted by Gasteiger charge is -2.21. The third kappa shape index (κ3) is 3.48. The standard InChI is InChI=1S/C15H21FN2O2/c1-3-18(12-5-6-12)15(19)9-20-14-8-11(16)4-7-13(14)10(2)17/h4,7-8,10,12H,3,5-6,9,17H2,1-2H3/t10-/m1/s1. The zero-order valence-corrected chi connectivity index (χ0v) is 11.9. The van der Waals surface area contributed by atoms with E-state index in [1.165, 1.54) is 12.1 Å². The van der Waals surface area contributed by atoms with E-state index in [1.807, 2.05) is 11.8 Å². The van der Waals surface area contributed by atoms with Gasteiger partial charge in [0.15, 0.2) is 6.61 Å². The molecule has 2 rings (SSSR count). The number of carbonyl (C=O) groups is 1. The van der Waals surface area contributed by atoms with Gasteiger partial charge in [-0.1, -0.05) is 6.07 Å². The van der Waals surface area contributed by atoms with E-state index < -0.39 is 5.82 Å². The minimum Gasteiger partial charge on any atom is -0.483 e.